The number of aromatic nitrogens is 2. The van der Waals surface area contributed by atoms with Crippen molar-refractivity contribution in [1.82, 2.24) is 9.97 Å². The molecule has 28 heavy (non-hydrogen) atoms. The Hall–Kier alpha value is -3.02. The highest BCUT2D eigenvalue weighted by molar-refractivity contribution is 5.87. The molecule has 0 radical (unpaired) electrons. The molecule has 6 heteroatoms. The van der Waals surface area contributed by atoms with Crippen molar-refractivity contribution in [3.63, 3.8) is 0 Å². The molecule has 0 spiro atoms. The monoisotopic (exact) mass is 377 g/mol. The van der Waals surface area contributed by atoms with Crippen molar-refractivity contribution >= 4 is 34.5 Å². The van der Waals surface area contributed by atoms with Crippen LogP contribution < -0.4 is 14.7 Å². The summed E-state index contributed by atoms with van der Waals surface area (Å²) in [4.78, 5) is 26.7. The van der Waals surface area contributed by atoms with Crippen LogP contribution in [0, 0.1) is 6.92 Å². The number of aryl methyl sites for hydroxylation is 1. The van der Waals surface area contributed by atoms with Crippen LogP contribution in [0.2, 0.25) is 0 Å². The lowest BCUT2D eigenvalue weighted by atomic mass is 10.1. The summed E-state index contributed by atoms with van der Waals surface area (Å²) >= 11 is 0. The van der Waals surface area contributed by atoms with Crippen LogP contribution in [-0.4, -0.2) is 55.5 Å². The van der Waals surface area contributed by atoms with E-state index in [-0.39, 0.29) is 6.04 Å². The predicted octanol–water partition coefficient (Wildman–Crippen LogP) is 3.22. The van der Waals surface area contributed by atoms with Crippen LogP contribution in [-0.2, 0) is 4.79 Å². The minimum atomic E-state index is -0.219. The van der Waals surface area contributed by atoms with Gasteiger partial charge in [-0.05, 0) is 43.7 Å². The first-order chi connectivity index (χ1) is 13.6. The van der Waals surface area contributed by atoms with E-state index in [1.807, 2.05) is 12.3 Å². The second-order valence-electron chi connectivity index (χ2n) is 7.39. The molecule has 4 rings (SSSR count). The van der Waals surface area contributed by atoms with Gasteiger partial charge in [-0.15, -0.1) is 0 Å². The lowest BCUT2D eigenvalue weighted by molar-refractivity contribution is -0.109. The smallest absolute Gasteiger partial charge is 0.152 e. The molecule has 1 fully saturated rings. The van der Waals surface area contributed by atoms with Crippen molar-refractivity contribution in [2.24, 2.45) is 0 Å². The average molecular weight is 377 g/mol. The highest BCUT2D eigenvalue weighted by atomic mass is 16.1. The van der Waals surface area contributed by atoms with E-state index in [0.717, 1.165) is 48.8 Å². The van der Waals surface area contributed by atoms with Crippen molar-refractivity contribution in [2.45, 2.75) is 19.9 Å². The molecule has 146 valence electrons. The zero-order valence-electron chi connectivity index (χ0n) is 16.7. The third-order valence-corrected chi connectivity index (χ3v) is 5.70. The van der Waals surface area contributed by atoms with E-state index < -0.39 is 0 Å². The van der Waals surface area contributed by atoms with Crippen LogP contribution in [0.1, 0.15) is 12.5 Å². The van der Waals surface area contributed by atoms with Crippen molar-refractivity contribution in [3.05, 3.63) is 48.2 Å². The Bertz CT molecular complexity index is 982. The number of aldehydes is 1. The highest BCUT2D eigenvalue weighted by Gasteiger charge is 2.30. The molecular weight excluding hydrogens is 350 g/mol. The van der Waals surface area contributed by atoms with Gasteiger partial charge < -0.3 is 24.5 Å². The topological polar surface area (TPSA) is 55.5 Å². The van der Waals surface area contributed by atoms with Gasteiger partial charge in [0.05, 0.1) is 5.69 Å². The molecule has 1 atom stereocenters. The lowest BCUT2D eigenvalue weighted by Crippen LogP contribution is -2.54. The summed E-state index contributed by atoms with van der Waals surface area (Å²) in [5.41, 5.74) is 3.45. The number of pyridine rings is 1. The molecule has 6 nitrogen and oxygen atoms in total. The normalized spacial score (nSPS) is 17.2. The molecule has 1 saturated heterocycles. The van der Waals surface area contributed by atoms with Gasteiger partial charge in [0.25, 0.3) is 0 Å². The summed E-state index contributed by atoms with van der Waals surface area (Å²) in [6, 6.07) is 12.2. The minimum Gasteiger partial charge on any atom is -0.372 e. The molecule has 1 aliphatic rings. The van der Waals surface area contributed by atoms with Crippen LogP contribution >= 0.6 is 0 Å². The minimum absolute atomic E-state index is 0.219. The summed E-state index contributed by atoms with van der Waals surface area (Å²) in [5.74, 6) is 1.96. The van der Waals surface area contributed by atoms with Crippen LogP contribution in [0.25, 0.3) is 10.9 Å². The van der Waals surface area contributed by atoms with E-state index in [0.29, 0.717) is 6.54 Å². The van der Waals surface area contributed by atoms with E-state index >= 15 is 0 Å². The molecule has 1 aliphatic heterocycles. The molecule has 0 aliphatic carbocycles. The Morgan fingerprint density at radius 1 is 1.29 bits per heavy atom. The van der Waals surface area contributed by atoms with Gasteiger partial charge in [-0.3, -0.25) is 0 Å². The molecule has 0 bridgehead atoms. The number of fused-ring (bicyclic) bond motifs is 1. The maximum absolute atomic E-state index is 12.0. The van der Waals surface area contributed by atoms with Crippen molar-refractivity contribution in [2.75, 3.05) is 47.9 Å². The van der Waals surface area contributed by atoms with E-state index in [1.165, 1.54) is 10.9 Å². The number of rotatable bonds is 5. The summed E-state index contributed by atoms with van der Waals surface area (Å²) in [5, 5.41) is 1.21. The van der Waals surface area contributed by atoms with Crippen molar-refractivity contribution in [1.29, 1.82) is 0 Å². The number of hydrogen-bond donors (Lipinski definition) is 1. The van der Waals surface area contributed by atoms with Crippen LogP contribution in [0.4, 0.5) is 17.3 Å². The average Bonchev–Trinajstić information content (AvgIpc) is 3.18. The molecule has 0 saturated carbocycles. The fraction of sp³-hybridized carbons (Fsp3) is 0.364. The molecular formula is C22H27N5O. The number of hydrogen-bond acceptors (Lipinski definition) is 5. The lowest BCUT2D eigenvalue weighted by Gasteiger charge is -2.41. The Kier molecular flexibility index (Phi) is 4.94. The van der Waals surface area contributed by atoms with Crippen molar-refractivity contribution in [3.8, 4) is 0 Å². The second kappa shape index (κ2) is 7.54. The maximum atomic E-state index is 12.0. The first-order valence-electron chi connectivity index (χ1n) is 9.83. The third kappa shape index (κ3) is 3.19. The summed E-state index contributed by atoms with van der Waals surface area (Å²) in [6.45, 7) is 7.35. The molecule has 1 N–H and O–H groups in total. The van der Waals surface area contributed by atoms with Gasteiger partial charge in [0.2, 0.25) is 0 Å². The fourth-order valence-corrected chi connectivity index (χ4v) is 3.97. The van der Waals surface area contributed by atoms with Gasteiger partial charge in [0.15, 0.2) is 5.82 Å². The van der Waals surface area contributed by atoms with E-state index in [4.69, 9.17) is 0 Å². The number of H-pyrrole nitrogens is 1. The first-order valence-corrected chi connectivity index (χ1v) is 9.83. The number of carbonyl (C=O) groups is 1. The van der Waals surface area contributed by atoms with Gasteiger partial charge >= 0.3 is 0 Å². The van der Waals surface area contributed by atoms with Gasteiger partial charge in [-0.25, -0.2) is 4.98 Å². The Morgan fingerprint density at radius 3 is 2.89 bits per heavy atom. The number of benzene rings is 1. The van der Waals surface area contributed by atoms with Gasteiger partial charge in [0.1, 0.15) is 18.1 Å². The highest BCUT2D eigenvalue weighted by Crippen LogP contribution is 2.30. The molecule has 1 aromatic carbocycles. The van der Waals surface area contributed by atoms with E-state index in [9.17, 15) is 4.79 Å². The Labute approximate surface area is 165 Å². The largest absolute Gasteiger partial charge is 0.372 e. The zero-order valence-corrected chi connectivity index (χ0v) is 16.7. The molecule has 1 unspecified atom stereocenters. The maximum Gasteiger partial charge on any atom is 0.152 e. The summed E-state index contributed by atoms with van der Waals surface area (Å²) in [6.07, 6.45) is 2.88. The van der Waals surface area contributed by atoms with Crippen molar-refractivity contribution < 1.29 is 4.79 Å². The van der Waals surface area contributed by atoms with Crippen LogP contribution in [0.15, 0.2) is 42.6 Å². The molecule has 3 heterocycles. The van der Waals surface area contributed by atoms with Gasteiger partial charge in [-0.2, -0.15) is 0 Å². The number of aromatic amines is 1. The third-order valence-electron chi connectivity index (χ3n) is 5.70. The molecule has 0 amide bonds. The van der Waals surface area contributed by atoms with Gasteiger partial charge in [0, 0.05) is 50.3 Å². The number of carbonyl (C=O) groups excluding carboxylic acids is 1. The standard InChI is InChI=1S/C22H27N5O/c1-4-25(3)20-9-6-10-23-22(20)26-11-12-27(17(14-26)15-28)21-13-18-16(2)7-5-8-19(18)24-21/h5-10,13,15,17,24H,4,11-12,14H2,1-3H3. The second-order valence-corrected chi connectivity index (χ2v) is 7.39. The number of piperazine rings is 1. The number of anilines is 3. The zero-order chi connectivity index (χ0) is 19.7. The number of nitrogens with one attached hydrogen (secondary N) is 1. The fourth-order valence-electron chi connectivity index (χ4n) is 3.97. The molecule has 3 aromatic rings. The van der Waals surface area contributed by atoms with Gasteiger partial charge in [-0.1, -0.05) is 12.1 Å². The summed E-state index contributed by atoms with van der Waals surface area (Å²) < 4.78 is 0. The van der Waals surface area contributed by atoms with E-state index in [2.05, 4.69) is 75.9 Å². The quantitative estimate of drug-likeness (QED) is 0.692. The Morgan fingerprint density at radius 2 is 2.14 bits per heavy atom. The van der Waals surface area contributed by atoms with Crippen LogP contribution in [0.3, 0.4) is 0 Å². The SMILES string of the molecule is CCN(C)c1cccnc1N1CCN(c2cc3c(C)cccc3[nH]2)C(C=O)C1. The number of nitrogens with zero attached hydrogens (tertiary/aromatic N) is 4. The molecule has 2 aromatic heterocycles. The predicted molar refractivity (Wildman–Crippen MR) is 116 cm³/mol. The van der Waals surface area contributed by atoms with Crippen LogP contribution in [0.5, 0.6) is 0 Å². The Balaban J connectivity index is 1.61. The van der Waals surface area contributed by atoms with E-state index in [1.54, 1.807) is 0 Å². The summed E-state index contributed by atoms with van der Waals surface area (Å²) in [7, 11) is 2.07. The first kappa shape index (κ1) is 18.3.